The van der Waals surface area contributed by atoms with Gasteiger partial charge in [-0.1, -0.05) is 0 Å². The van der Waals surface area contributed by atoms with Gasteiger partial charge < -0.3 is 10.0 Å². The molecule has 0 amide bonds. The number of aromatic nitrogens is 3. The molecule has 0 aromatic carbocycles. The van der Waals surface area contributed by atoms with Gasteiger partial charge in [-0.05, 0) is 12.8 Å². The zero-order valence-electron chi connectivity index (χ0n) is 7.77. The first kappa shape index (κ1) is 8.50. The molecule has 72 valence electrons. The molecule has 0 unspecified atom stereocenters. The van der Waals surface area contributed by atoms with Crippen LogP contribution in [0.3, 0.4) is 0 Å². The van der Waals surface area contributed by atoms with Crippen LogP contribution in [-0.2, 0) is 13.7 Å². The second kappa shape index (κ2) is 3.33. The Balaban J connectivity index is 2.20. The first-order valence-electron chi connectivity index (χ1n) is 4.57. The number of aliphatic hydroxyl groups excluding tert-OH is 1. The molecule has 1 N–H and O–H groups in total. The zero-order chi connectivity index (χ0) is 9.26. The third-order valence-corrected chi connectivity index (χ3v) is 2.37. The summed E-state index contributed by atoms with van der Waals surface area (Å²) in [6, 6.07) is 0. The van der Waals surface area contributed by atoms with Crippen LogP contribution in [0.4, 0.5) is 5.95 Å². The Labute approximate surface area is 77.0 Å². The third-order valence-electron chi connectivity index (χ3n) is 2.37. The number of hydrogen-bond donors (Lipinski definition) is 1. The predicted molar refractivity (Wildman–Crippen MR) is 48.4 cm³/mol. The van der Waals surface area contributed by atoms with Gasteiger partial charge in [0.25, 0.3) is 0 Å². The highest BCUT2D eigenvalue weighted by Gasteiger charge is 2.17. The maximum absolute atomic E-state index is 8.93. The van der Waals surface area contributed by atoms with Crippen LogP contribution in [-0.4, -0.2) is 33.0 Å². The molecule has 13 heavy (non-hydrogen) atoms. The molecule has 1 saturated heterocycles. The van der Waals surface area contributed by atoms with E-state index in [2.05, 4.69) is 15.0 Å². The SMILES string of the molecule is Cn1nc(N2CCCC2)nc1CO. The molecular weight excluding hydrogens is 168 g/mol. The van der Waals surface area contributed by atoms with Crippen molar-refractivity contribution in [1.29, 1.82) is 0 Å². The molecule has 2 rings (SSSR count). The maximum atomic E-state index is 8.93. The van der Waals surface area contributed by atoms with Crippen molar-refractivity contribution in [1.82, 2.24) is 14.8 Å². The Morgan fingerprint density at radius 1 is 1.38 bits per heavy atom. The van der Waals surface area contributed by atoms with Gasteiger partial charge in [-0.15, -0.1) is 5.10 Å². The summed E-state index contributed by atoms with van der Waals surface area (Å²) in [5.74, 6) is 1.38. The van der Waals surface area contributed by atoms with Crippen LogP contribution in [0.25, 0.3) is 0 Å². The normalized spacial score (nSPS) is 16.9. The van der Waals surface area contributed by atoms with E-state index >= 15 is 0 Å². The minimum absolute atomic E-state index is 0.0443. The van der Waals surface area contributed by atoms with Gasteiger partial charge in [-0.3, -0.25) is 0 Å². The first-order valence-corrected chi connectivity index (χ1v) is 4.57. The minimum atomic E-state index is -0.0443. The van der Waals surface area contributed by atoms with Crippen LogP contribution in [0.1, 0.15) is 18.7 Å². The van der Waals surface area contributed by atoms with Crippen molar-refractivity contribution in [2.45, 2.75) is 19.4 Å². The molecule has 0 atom stereocenters. The van der Waals surface area contributed by atoms with Gasteiger partial charge >= 0.3 is 0 Å². The van der Waals surface area contributed by atoms with E-state index in [0.29, 0.717) is 5.82 Å². The molecule has 0 bridgehead atoms. The fraction of sp³-hybridized carbons (Fsp3) is 0.750. The van der Waals surface area contributed by atoms with Crippen molar-refractivity contribution in [3.8, 4) is 0 Å². The number of anilines is 1. The fourth-order valence-corrected chi connectivity index (χ4v) is 1.59. The van der Waals surface area contributed by atoms with E-state index in [1.54, 1.807) is 11.7 Å². The van der Waals surface area contributed by atoms with Crippen molar-refractivity contribution in [3.05, 3.63) is 5.82 Å². The number of nitrogens with zero attached hydrogens (tertiary/aromatic N) is 4. The largest absolute Gasteiger partial charge is 0.388 e. The summed E-state index contributed by atoms with van der Waals surface area (Å²) in [4.78, 5) is 6.39. The van der Waals surface area contributed by atoms with Gasteiger partial charge in [0.1, 0.15) is 6.61 Å². The van der Waals surface area contributed by atoms with Crippen LogP contribution in [0.5, 0.6) is 0 Å². The molecule has 1 aliphatic heterocycles. The summed E-state index contributed by atoms with van der Waals surface area (Å²) in [5.41, 5.74) is 0. The third kappa shape index (κ3) is 1.51. The van der Waals surface area contributed by atoms with Crippen LogP contribution in [0.15, 0.2) is 0 Å². The maximum Gasteiger partial charge on any atom is 0.245 e. The molecule has 0 saturated carbocycles. The average Bonchev–Trinajstić information content (AvgIpc) is 2.71. The summed E-state index contributed by atoms with van der Waals surface area (Å²) in [6.07, 6.45) is 2.43. The van der Waals surface area contributed by atoms with E-state index < -0.39 is 0 Å². The second-order valence-corrected chi connectivity index (χ2v) is 3.30. The van der Waals surface area contributed by atoms with E-state index in [4.69, 9.17) is 5.11 Å². The Morgan fingerprint density at radius 2 is 2.08 bits per heavy atom. The first-order chi connectivity index (χ1) is 6.31. The Kier molecular flexibility index (Phi) is 2.18. The lowest BCUT2D eigenvalue weighted by Crippen LogP contribution is -2.19. The number of hydrogen-bond acceptors (Lipinski definition) is 4. The zero-order valence-corrected chi connectivity index (χ0v) is 7.77. The van der Waals surface area contributed by atoms with Crippen LogP contribution in [0, 0.1) is 0 Å². The van der Waals surface area contributed by atoms with Crippen molar-refractivity contribution in [2.75, 3.05) is 18.0 Å². The topological polar surface area (TPSA) is 54.2 Å². The van der Waals surface area contributed by atoms with Gasteiger partial charge in [0.15, 0.2) is 5.82 Å². The molecular formula is C8H14N4O. The molecule has 5 nitrogen and oxygen atoms in total. The molecule has 0 aliphatic carbocycles. The van der Waals surface area contributed by atoms with Crippen molar-refractivity contribution in [3.63, 3.8) is 0 Å². The lowest BCUT2D eigenvalue weighted by atomic mass is 10.4. The van der Waals surface area contributed by atoms with Gasteiger partial charge in [-0.2, -0.15) is 4.98 Å². The van der Waals surface area contributed by atoms with Gasteiger partial charge in [-0.25, -0.2) is 4.68 Å². The van der Waals surface area contributed by atoms with E-state index in [0.717, 1.165) is 19.0 Å². The number of rotatable bonds is 2. The monoisotopic (exact) mass is 182 g/mol. The number of aliphatic hydroxyl groups is 1. The Morgan fingerprint density at radius 3 is 2.62 bits per heavy atom. The molecule has 0 spiro atoms. The highest BCUT2D eigenvalue weighted by molar-refractivity contribution is 5.30. The van der Waals surface area contributed by atoms with Crippen LogP contribution < -0.4 is 4.90 Å². The number of aryl methyl sites for hydroxylation is 1. The Bertz CT molecular complexity index is 290. The molecule has 0 radical (unpaired) electrons. The lowest BCUT2D eigenvalue weighted by molar-refractivity contribution is 0.265. The molecule has 1 aromatic rings. The Hall–Kier alpha value is -1.10. The molecule has 1 aromatic heterocycles. The van der Waals surface area contributed by atoms with Crippen molar-refractivity contribution < 1.29 is 5.11 Å². The highest BCUT2D eigenvalue weighted by atomic mass is 16.3. The fourth-order valence-electron chi connectivity index (χ4n) is 1.59. The van der Waals surface area contributed by atoms with E-state index in [-0.39, 0.29) is 6.61 Å². The molecule has 1 fully saturated rings. The summed E-state index contributed by atoms with van der Waals surface area (Å²) in [5, 5.41) is 13.2. The summed E-state index contributed by atoms with van der Waals surface area (Å²) < 4.78 is 1.63. The van der Waals surface area contributed by atoms with E-state index in [1.165, 1.54) is 12.8 Å². The van der Waals surface area contributed by atoms with E-state index in [1.807, 2.05) is 0 Å². The second-order valence-electron chi connectivity index (χ2n) is 3.30. The highest BCUT2D eigenvalue weighted by Crippen LogP contribution is 2.15. The molecule has 1 aliphatic rings. The lowest BCUT2D eigenvalue weighted by Gasteiger charge is -2.10. The summed E-state index contributed by atoms with van der Waals surface area (Å²) >= 11 is 0. The summed E-state index contributed by atoms with van der Waals surface area (Å²) in [7, 11) is 1.80. The molecule has 2 heterocycles. The predicted octanol–water partition coefficient (Wildman–Crippen LogP) is -0.0924. The minimum Gasteiger partial charge on any atom is -0.388 e. The quantitative estimate of drug-likeness (QED) is 0.694. The van der Waals surface area contributed by atoms with Crippen molar-refractivity contribution >= 4 is 5.95 Å². The molecule has 5 heteroatoms. The van der Waals surface area contributed by atoms with Gasteiger partial charge in [0.2, 0.25) is 5.95 Å². The van der Waals surface area contributed by atoms with Gasteiger partial charge in [0.05, 0.1) is 0 Å². The van der Waals surface area contributed by atoms with Crippen molar-refractivity contribution in [2.24, 2.45) is 7.05 Å². The van der Waals surface area contributed by atoms with Gasteiger partial charge in [0, 0.05) is 20.1 Å². The summed E-state index contributed by atoms with van der Waals surface area (Å²) in [6.45, 7) is 2.03. The average molecular weight is 182 g/mol. The standard InChI is InChI=1S/C8H14N4O/c1-11-7(6-13)9-8(10-11)12-4-2-3-5-12/h13H,2-6H2,1H3. The van der Waals surface area contributed by atoms with Crippen LogP contribution in [0.2, 0.25) is 0 Å². The van der Waals surface area contributed by atoms with Crippen LogP contribution >= 0.6 is 0 Å². The smallest absolute Gasteiger partial charge is 0.245 e. The van der Waals surface area contributed by atoms with E-state index in [9.17, 15) is 0 Å².